The fourth-order valence-electron chi connectivity index (χ4n) is 2.39. The lowest BCUT2D eigenvalue weighted by molar-refractivity contribution is -0.129. The first-order chi connectivity index (χ1) is 13.8. The topological polar surface area (TPSA) is 116 Å². The average Bonchev–Trinajstić information content (AvgIpc) is 2.95. The van der Waals surface area contributed by atoms with Gasteiger partial charge in [-0.05, 0) is 47.7 Å². The summed E-state index contributed by atoms with van der Waals surface area (Å²) in [6.07, 6.45) is 1.56. The minimum absolute atomic E-state index is 0.0311. The van der Waals surface area contributed by atoms with Gasteiger partial charge in [0.15, 0.2) is 0 Å². The maximum absolute atomic E-state index is 12.4. The average molecular weight is 476 g/mol. The van der Waals surface area contributed by atoms with Crippen molar-refractivity contribution < 1.29 is 24.3 Å². The molecule has 10 heteroatoms. The molecule has 148 valence electrons. The minimum Gasteiger partial charge on any atom is -0.507 e. The van der Waals surface area contributed by atoms with E-state index in [1.807, 2.05) is 0 Å². The second-order valence-electron chi connectivity index (χ2n) is 5.84. The first-order valence-corrected chi connectivity index (χ1v) is 9.84. The Balaban J connectivity index is 1.59. The summed E-state index contributed by atoms with van der Waals surface area (Å²) >= 11 is 4.05. The van der Waals surface area contributed by atoms with Crippen molar-refractivity contribution in [1.29, 1.82) is 0 Å². The molecule has 0 atom stereocenters. The Labute approximate surface area is 178 Å². The van der Waals surface area contributed by atoms with Gasteiger partial charge in [0, 0.05) is 4.47 Å². The van der Waals surface area contributed by atoms with Gasteiger partial charge in [0.1, 0.15) is 12.3 Å². The van der Waals surface area contributed by atoms with Crippen molar-refractivity contribution in [2.75, 3.05) is 6.54 Å². The van der Waals surface area contributed by atoms with Gasteiger partial charge in [0.25, 0.3) is 23.0 Å². The fourth-order valence-corrected chi connectivity index (χ4v) is 3.49. The third kappa shape index (κ3) is 5.04. The number of carbonyl (C=O) groups is 4. The van der Waals surface area contributed by atoms with E-state index in [0.29, 0.717) is 0 Å². The summed E-state index contributed by atoms with van der Waals surface area (Å²) in [5.74, 6) is -2.34. The standard InChI is InChI=1S/C19H14BrN3O5S/c20-12-7-5-11(6-8-12)9-15-18(27)23(19(28)29-15)10-16(25)21-22-17(26)13-3-1-2-4-14(13)24/h1-9,24H,10H2,(H,21,25)(H,22,26)/b15-9-. The van der Waals surface area contributed by atoms with E-state index in [2.05, 4.69) is 26.8 Å². The maximum atomic E-state index is 12.4. The Hall–Kier alpha value is -3.11. The zero-order chi connectivity index (χ0) is 21.0. The lowest BCUT2D eigenvalue weighted by atomic mass is 10.2. The second kappa shape index (κ2) is 8.93. The molecule has 1 fully saturated rings. The summed E-state index contributed by atoms with van der Waals surface area (Å²) in [6, 6.07) is 13.0. The quantitative estimate of drug-likeness (QED) is 0.462. The lowest BCUT2D eigenvalue weighted by Crippen LogP contribution is -2.47. The molecule has 0 aromatic heterocycles. The predicted octanol–water partition coefficient (Wildman–Crippen LogP) is 2.65. The van der Waals surface area contributed by atoms with Crippen LogP contribution in [-0.2, 0) is 9.59 Å². The Morgan fingerprint density at radius 1 is 1.07 bits per heavy atom. The first kappa shape index (κ1) is 20.6. The number of amides is 4. The van der Waals surface area contributed by atoms with Crippen LogP contribution in [0.25, 0.3) is 6.08 Å². The summed E-state index contributed by atoms with van der Waals surface area (Å²) < 4.78 is 0.880. The molecule has 1 heterocycles. The Morgan fingerprint density at radius 2 is 1.76 bits per heavy atom. The van der Waals surface area contributed by atoms with Crippen LogP contribution in [0, 0.1) is 0 Å². The van der Waals surface area contributed by atoms with E-state index in [0.717, 1.165) is 26.7 Å². The van der Waals surface area contributed by atoms with Crippen molar-refractivity contribution in [1.82, 2.24) is 15.8 Å². The van der Waals surface area contributed by atoms with Crippen LogP contribution in [-0.4, -0.2) is 39.5 Å². The molecule has 0 unspecified atom stereocenters. The smallest absolute Gasteiger partial charge is 0.294 e. The van der Waals surface area contributed by atoms with Gasteiger partial charge in [0.2, 0.25) is 0 Å². The number of hydrogen-bond acceptors (Lipinski definition) is 6. The van der Waals surface area contributed by atoms with Crippen molar-refractivity contribution in [2.24, 2.45) is 0 Å². The minimum atomic E-state index is -0.763. The van der Waals surface area contributed by atoms with E-state index in [4.69, 9.17) is 0 Å². The number of thioether (sulfide) groups is 1. The maximum Gasteiger partial charge on any atom is 0.294 e. The molecule has 8 nitrogen and oxygen atoms in total. The van der Waals surface area contributed by atoms with Crippen molar-refractivity contribution in [3.05, 3.63) is 69.0 Å². The fraction of sp³-hybridized carbons (Fsp3) is 0.0526. The van der Waals surface area contributed by atoms with Gasteiger partial charge in [-0.3, -0.25) is 34.9 Å². The number of halogens is 1. The van der Waals surface area contributed by atoms with E-state index >= 15 is 0 Å². The summed E-state index contributed by atoms with van der Waals surface area (Å²) in [6.45, 7) is -0.552. The van der Waals surface area contributed by atoms with E-state index in [9.17, 15) is 24.3 Å². The highest BCUT2D eigenvalue weighted by molar-refractivity contribution is 9.10. The molecule has 0 aliphatic carbocycles. The van der Waals surface area contributed by atoms with E-state index in [1.54, 1.807) is 42.5 Å². The van der Waals surface area contributed by atoms with Crippen LogP contribution < -0.4 is 10.9 Å². The Morgan fingerprint density at radius 3 is 2.45 bits per heavy atom. The highest BCUT2D eigenvalue weighted by atomic mass is 79.9. The first-order valence-electron chi connectivity index (χ1n) is 8.23. The molecule has 2 aromatic rings. The number of phenolic OH excluding ortho intramolecular Hbond substituents is 1. The molecule has 2 aromatic carbocycles. The van der Waals surface area contributed by atoms with Crippen molar-refractivity contribution in [3.8, 4) is 5.75 Å². The van der Waals surface area contributed by atoms with Crippen molar-refractivity contribution in [2.45, 2.75) is 0 Å². The zero-order valence-corrected chi connectivity index (χ0v) is 17.1. The van der Waals surface area contributed by atoms with E-state index in [-0.39, 0.29) is 16.2 Å². The number of hydrogen-bond donors (Lipinski definition) is 3. The number of para-hydroxylation sites is 1. The zero-order valence-electron chi connectivity index (χ0n) is 14.7. The number of rotatable bonds is 4. The van der Waals surface area contributed by atoms with Gasteiger partial charge in [-0.1, -0.05) is 40.2 Å². The third-order valence-corrected chi connectivity index (χ3v) is 5.24. The SMILES string of the molecule is O=C(CN1C(=O)S/C(=C\c2ccc(Br)cc2)C1=O)NNC(=O)c1ccccc1O. The van der Waals surface area contributed by atoms with Crippen LogP contribution >= 0.6 is 27.7 Å². The number of nitrogens with one attached hydrogen (secondary N) is 2. The monoisotopic (exact) mass is 475 g/mol. The van der Waals surface area contributed by atoms with Gasteiger partial charge in [-0.2, -0.15) is 0 Å². The number of aromatic hydroxyl groups is 1. The van der Waals surface area contributed by atoms with E-state index < -0.39 is 29.5 Å². The molecule has 3 rings (SSSR count). The molecule has 1 aliphatic heterocycles. The van der Waals surface area contributed by atoms with Crippen molar-refractivity contribution >= 4 is 56.7 Å². The van der Waals surface area contributed by atoms with E-state index in [1.165, 1.54) is 12.1 Å². The molecule has 3 N–H and O–H groups in total. The molecule has 1 saturated heterocycles. The van der Waals surface area contributed by atoms with Gasteiger partial charge in [0.05, 0.1) is 10.5 Å². The van der Waals surface area contributed by atoms with Crippen molar-refractivity contribution in [3.63, 3.8) is 0 Å². The molecular weight excluding hydrogens is 462 g/mol. The normalized spacial score (nSPS) is 14.9. The van der Waals surface area contributed by atoms with Crippen LogP contribution in [0.15, 0.2) is 57.9 Å². The van der Waals surface area contributed by atoms with Gasteiger partial charge >= 0.3 is 0 Å². The molecule has 29 heavy (non-hydrogen) atoms. The summed E-state index contributed by atoms with van der Waals surface area (Å²) in [4.78, 5) is 49.5. The molecule has 0 bridgehead atoms. The van der Waals surface area contributed by atoms with Gasteiger partial charge in [-0.25, -0.2) is 0 Å². The molecule has 0 saturated carbocycles. The molecule has 1 aliphatic rings. The number of hydrazine groups is 1. The summed E-state index contributed by atoms with van der Waals surface area (Å²) in [5, 5.41) is 9.05. The van der Waals surface area contributed by atoms with Crippen LogP contribution in [0.4, 0.5) is 4.79 Å². The van der Waals surface area contributed by atoms with Crippen LogP contribution in [0.2, 0.25) is 0 Å². The molecular formula is C19H14BrN3O5S. The Bertz CT molecular complexity index is 1020. The summed E-state index contributed by atoms with van der Waals surface area (Å²) in [5.41, 5.74) is 4.95. The number of imide groups is 1. The van der Waals surface area contributed by atoms with Gasteiger partial charge in [-0.15, -0.1) is 0 Å². The second-order valence-corrected chi connectivity index (χ2v) is 7.75. The lowest BCUT2D eigenvalue weighted by Gasteiger charge is -2.13. The number of phenols is 1. The number of nitrogens with zero attached hydrogens (tertiary/aromatic N) is 1. The number of benzene rings is 2. The molecule has 0 spiro atoms. The predicted molar refractivity (Wildman–Crippen MR) is 111 cm³/mol. The largest absolute Gasteiger partial charge is 0.507 e. The van der Waals surface area contributed by atoms with Crippen LogP contribution in [0.5, 0.6) is 5.75 Å². The van der Waals surface area contributed by atoms with Gasteiger partial charge < -0.3 is 5.11 Å². The summed E-state index contributed by atoms with van der Waals surface area (Å²) in [7, 11) is 0. The third-order valence-electron chi connectivity index (χ3n) is 3.81. The molecule has 0 radical (unpaired) electrons. The molecule has 4 amide bonds. The Kier molecular flexibility index (Phi) is 6.35. The highest BCUT2D eigenvalue weighted by Crippen LogP contribution is 2.32. The highest BCUT2D eigenvalue weighted by Gasteiger charge is 2.36. The van der Waals surface area contributed by atoms with Crippen LogP contribution in [0.1, 0.15) is 15.9 Å². The van der Waals surface area contributed by atoms with Crippen LogP contribution in [0.3, 0.4) is 0 Å². The number of carbonyl (C=O) groups excluding carboxylic acids is 4.